The minimum absolute atomic E-state index is 0.00599. The summed E-state index contributed by atoms with van der Waals surface area (Å²) in [6, 6.07) is 24.8. The molecule has 0 aliphatic carbocycles. The Kier molecular flexibility index (Phi) is 23.1. The molecule has 0 aliphatic heterocycles. The van der Waals surface area contributed by atoms with Crippen LogP contribution in [0.1, 0.15) is 141 Å². The Hall–Kier alpha value is -10.8. The van der Waals surface area contributed by atoms with E-state index in [9.17, 15) is 60.4 Å². The van der Waals surface area contributed by atoms with Crippen LogP contribution in [0.15, 0.2) is 114 Å². The predicted molar refractivity (Wildman–Crippen MR) is 347 cm³/mol. The van der Waals surface area contributed by atoms with E-state index in [0.29, 0.717) is 44.8 Å². The van der Waals surface area contributed by atoms with Crippen molar-refractivity contribution in [2.24, 2.45) is 0 Å². The Bertz CT molecular complexity index is 4610. The molecule has 6 heterocycles. The van der Waals surface area contributed by atoms with Crippen molar-refractivity contribution in [1.29, 1.82) is 10.5 Å². The van der Waals surface area contributed by atoms with Gasteiger partial charge in [-0.15, -0.1) is 0 Å². The van der Waals surface area contributed by atoms with Crippen molar-refractivity contribution in [2.45, 2.75) is 86.7 Å². The Labute approximate surface area is 562 Å². The van der Waals surface area contributed by atoms with Gasteiger partial charge in [0, 0.05) is 60.9 Å². The highest BCUT2D eigenvalue weighted by Crippen LogP contribution is 2.35. The second kappa shape index (κ2) is 30.5. The number of anilines is 3. The van der Waals surface area contributed by atoms with E-state index in [1.54, 1.807) is 84.1 Å². The number of amides is 6. The summed E-state index contributed by atoms with van der Waals surface area (Å²) in [4.78, 5) is 89.5. The monoisotopic (exact) mass is 1420 g/mol. The van der Waals surface area contributed by atoms with Crippen LogP contribution >= 0.6 is 39.1 Å². The molecule has 496 valence electrons. The SMILES string of the molecule is CNC(=O)c1cc(C#N)cc(C)c1NC(=O)c1cc(C(F)(F)F)nn1-c1ncccc1C.Cc1cccnc1-n1nc(Br)cc1C(=O)Nc1c(Cl)cc(Cl)cc1C(=O)NC(C)C.Cc1cccnc1-n1nc(C(F)(F)F)cc1C(=O)Nc1c(C)cc(C#N)cc1C(=O)NC(C)C. The van der Waals surface area contributed by atoms with E-state index in [0.717, 1.165) is 14.9 Å². The quantitative estimate of drug-likeness (QED) is 0.0552. The summed E-state index contributed by atoms with van der Waals surface area (Å²) in [6.07, 6.45) is -5.23. The van der Waals surface area contributed by atoms with Gasteiger partial charge < -0.3 is 31.9 Å². The molecule has 0 aliphatic rings. The van der Waals surface area contributed by atoms with Crippen molar-refractivity contribution in [3.8, 4) is 29.6 Å². The largest absolute Gasteiger partial charge is 0.435 e. The van der Waals surface area contributed by atoms with Crippen LogP contribution in [0.2, 0.25) is 10.0 Å². The summed E-state index contributed by atoms with van der Waals surface area (Å²) in [5.41, 5.74) is 0.269. The molecule has 0 spiro atoms. The fourth-order valence-electron chi connectivity index (χ4n) is 9.08. The first-order chi connectivity index (χ1) is 45.1. The molecule has 0 unspecified atom stereocenters. The van der Waals surface area contributed by atoms with Crippen molar-refractivity contribution in [1.82, 2.24) is 60.2 Å². The third-order valence-electron chi connectivity index (χ3n) is 13.4. The molecule has 6 N–H and O–H groups in total. The van der Waals surface area contributed by atoms with Gasteiger partial charge in [0.25, 0.3) is 35.4 Å². The maximum Gasteiger partial charge on any atom is 0.435 e. The molecule has 0 saturated carbocycles. The van der Waals surface area contributed by atoms with Gasteiger partial charge in [0.2, 0.25) is 0 Å². The molecule has 0 radical (unpaired) electrons. The Morgan fingerprint density at radius 2 is 0.844 bits per heavy atom. The lowest BCUT2D eigenvalue weighted by Gasteiger charge is -2.16. The highest BCUT2D eigenvalue weighted by atomic mass is 79.9. The first-order valence-corrected chi connectivity index (χ1v) is 29.9. The minimum atomic E-state index is -4.80. The highest BCUT2D eigenvalue weighted by Gasteiger charge is 2.38. The molecule has 3 aromatic carbocycles. The number of benzene rings is 3. The maximum absolute atomic E-state index is 13.4. The van der Waals surface area contributed by atoms with Gasteiger partial charge in [0.15, 0.2) is 28.8 Å². The third kappa shape index (κ3) is 17.3. The number of pyridine rings is 3. The molecular weight excluding hydrogens is 1370 g/mol. The van der Waals surface area contributed by atoms with E-state index in [1.807, 2.05) is 39.0 Å². The van der Waals surface area contributed by atoms with E-state index < -0.39 is 70.6 Å². The van der Waals surface area contributed by atoms with E-state index in [-0.39, 0.29) is 84.3 Å². The molecule has 96 heavy (non-hydrogen) atoms. The van der Waals surface area contributed by atoms with Gasteiger partial charge in [-0.1, -0.05) is 41.4 Å². The average molecular weight is 1420 g/mol. The zero-order valence-corrected chi connectivity index (χ0v) is 55.4. The molecular formula is C64H56BrCl2F6N17O6. The van der Waals surface area contributed by atoms with Crippen molar-refractivity contribution in [2.75, 3.05) is 23.0 Å². The molecule has 0 saturated heterocycles. The summed E-state index contributed by atoms with van der Waals surface area (Å²) in [7, 11) is 1.37. The third-order valence-corrected chi connectivity index (χ3v) is 14.3. The van der Waals surface area contributed by atoms with Crippen molar-refractivity contribution >= 4 is 91.6 Å². The van der Waals surface area contributed by atoms with Crippen LogP contribution in [0.25, 0.3) is 17.5 Å². The summed E-state index contributed by atoms with van der Waals surface area (Å²) in [6.45, 7) is 15.4. The number of hydrogen-bond acceptors (Lipinski definition) is 14. The number of aryl methyl sites for hydroxylation is 5. The number of halogens is 9. The molecule has 0 bridgehead atoms. The fraction of sp³-hybridized carbons (Fsp3) is 0.219. The molecule has 6 aromatic heterocycles. The van der Waals surface area contributed by atoms with Crippen LogP contribution in [0.4, 0.5) is 43.4 Å². The molecule has 23 nitrogen and oxygen atoms in total. The smallest absolute Gasteiger partial charge is 0.355 e. The number of carbonyl (C=O) groups is 6. The number of nitrogens with zero attached hydrogens (tertiary/aromatic N) is 11. The second-order valence-electron chi connectivity index (χ2n) is 21.5. The van der Waals surface area contributed by atoms with E-state index in [4.69, 9.17) is 28.5 Å². The van der Waals surface area contributed by atoms with Crippen molar-refractivity contribution in [3.05, 3.63) is 208 Å². The van der Waals surface area contributed by atoms with Crippen molar-refractivity contribution < 1.29 is 55.1 Å². The van der Waals surface area contributed by atoms with Crippen LogP contribution in [0.5, 0.6) is 0 Å². The summed E-state index contributed by atoms with van der Waals surface area (Å²) < 4.78 is 83.8. The lowest BCUT2D eigenvalue weighted by Crippen LogP contribution is -2.31. The number of alkyl halides is 6. The van der Waals surface area contributed by atoms with Crippen LogP contribution in [0, 0.1) is 57.3 Å². The van der Waals surface area contributed by atoms with Gasteiger partial charge in [0.05, 0.1) is 62.0 Å². The maximum atomic E-state index is 13.4. The van der Waals surface area contributed by atoms with Gasteiger partial charge in [-0.05, 0) is 161 Å². The minimum Gasteiger partial charge on any atom is -0.355 e. The molecule has 0 fully saturated rings. The molecule has 6 amide bonds. The first-order valence-electron chi connectivity index (χ1n) is 28.4. The van der Waals surface area contributed by atoms with Crippen LogP contribution in [-0.4, -0.2) is 98.9 Å². The van der Waals surface area contributed by atoms with Gasteiger partial charge in [-0.25, -0.2) is 29.0 Å². The number of nitrogens with one attached hydrogen (secondary N) is 6. The summed E-state index contributed by atoms with van der Waals surface area (Å²) in [5.74, 6) is -3.29. The number of rotatable bonds is 14. The number of carbonyl (C=O) groups excluding carboxylic acids is 6. The predicted octanol–water partition coefficient (Wildman–Crippen LogP) is 12.6. The highest BCUT2D eigenvalue weighted by molar-refractivity contribution is 9.10. The van der Waals surface area contributed by atoms with Gasteiger partial charge in [0.1, 0.15) is 21.7 Å². The van der Waals surface area contributed by atoms with Crippen LogP contribution in [0.3, 0.4) is 0 Å². The zero-order valence-electron chi connectivity index (χ0n) is 52.3. The van der Waals surface area contributed by atoms with E-state index in [2.05, 4.69) is 78.1 Å². The van der Waals surface area contributed by atoms with E-state index in [1.165, 1.54) is 60.5 Å². The topological polar surface area (TPSA) is 314 Å². The molecule has 32 heteroatoms. The number of hydrogen-bond donors (Lipinski definition) is 6. The second-order valence-corrected chi connectivity index (χ2v) is 23.2. The normalized spacial score (nSPS) is 11.1. The van der Waals surface area contributed by atoms with Crippen LogP contribution in [-0.2, 0) is 12.4 Å². The number of aromatic nitrogens is 9. The lowest BCUT2D eigenvalue weighted by atomic mass is 10.0. The number of nitriles is 2. The van der Waals surface area contributed by atoms with Gasteiger partial charge >= 0.3 is 12.4 Å². The fourth-order valence-corrected chi connectivity index (χ4v) is 9.99. The zero-order chi connectivity index (χ0) is 70.8. The average Bonchev–Trinajstić information content (AvgIpc) is 1.58. The van der Waals surface area contributed by atoms with Crippen LogP contribution < -0.4 is 31.9 Å². The Morgan fingerprint density at radius 1 is 0.490 bits per heavy atom. The molecule has 9 aromatic rings. The standard InChI is InChI=1S/C23H21F3N6O2.C21H17F3N6O2.C20H18BrCl2N5O2/c1-12(2)29-21(33)16-9-15(11-27)8-14(4)19(16)30-22(34)17-10-18(23(24,25)26)31-32(17)20-13(3)6-5-7-28-20;1-11-5-4-6-27-18(11)30-15(9-16(29-30)21(22,23)24)20(32)28-17-12(2)7-13(10-25)8-14(17)19(31)26-3;1-10(2)25-19(29)13-7-12(22)8-14(23)17(13)26-20(30)15-9-16(21)27-28(15)18-11(3)5-4-6-24-18/h5-10,12H,1-4H3,(H,29,33)(H,30,34);4-9H,1-3H3,(H,26,31)(H,28,32);4-10H,1-3H3,(H,25,29)(H,26,30). The molecule has 9 rings (SSSR count). The Balaban J connectivity index is 0.000000204. The summed E-state index contributed by atoms with van der Waals surface area (Å²) >= 11 is 15.7. The van der Waals surface area contributed by atoms with Gasteiger partial charge in [-0.2, -0.15) is 52.2 Å². The lowest BCUT2D eigenvalue weighted by molar-refractivity contribution is -0.142. The first kappa shape index (κ1) is 72.6. The van der Waals surface area contributed by atoms with E-state index >= 15 is 0 Å². The van der Waals surface area contributed by atoms with Crippen molar-refractivity contribution in [3.63, 3.8) is 0 Å². The van der Waals surface area contributed by atoms with Gasteiger partial charge in [-0.3, -0.25) is 28.8 Å². The molecule has 0 atom stereocenters. The summed E-state index contributed by atoms with van der Waals surface area (Å²) in [5, 5.41) is 45.9. The Morgan fingerprint density at radius 3 is 1.20 bits per heavy atom.